The van der Waals surface area contributed by atoms with Crippen LogP contribution in [0.2, 0.25) is 0 Å². The Morgan fingerprint density at radius 3 is 2.57 bits per heavy atom. The lowest BCUT2D eigenvalue weighted by Gasteiger charge is -2.31. The van der Waals surface area contributed by atoms with Crippen LogP contribution in [0.25, 0.3) is 11.0 Å². The van der Waals surface area contributed by atoms with Crippen LogP contribution in [0.3, 0.4) is 0 Å². The fourth-order valence-corrected chi connectivity index (χ4v) is 4.91. The Morgan fingerprint density at radius 1 is 1.03 bits per heavy atom. The standard InChI is InChI=1S/C27H30N2O6/c1-4-34-21-8-6-18(16-22(21)32-3)24-23-25(30)19-15-17(2)5-7-20(19)35-26(23)27(31)29(24)10-9-28-11-13-33-14-12-28/h5-8,15-16,24H,4,9-14H2,1-3H3/t24-/m1/s1. The molecule has 1 fully saturated rings. The summed E-state index contributed by atoms with van der Waals surface area (Å²) in [5.41, 5.74) is 2.35. The fourth-order valence-electron chi connectivity index (χ4n) is 4.91. The van der Waals surface area contributed by atoms with E-state index in [0.29, 0.717) is 60.9 Å². The zero-order valence-corrected chi connectivity index (χ0v) is 20.3. The van der Waals surface area contributed by atoms with Crippen molar-refractivity contribution in [1.29, 1.82) is 0 Å². The average Bonchev–Trinajstić information content (AvgIpc) is 3.16. The number of rotatable bonds is 7. The number of hydrogen-bond acceptors (Lipinski definition) is 7. The Balaban J connectivity index is 1.62. The minimum Gasteiger partial charge on any atom is -0.493 e. The zero-order valence-electron chi connectivity index (χ0n) is 20.3. The van der Waals surface area contributed by atoms with Crippen LogP contribution in [0.15, 0.2) is 45.6 Å². The SMILES string of the molecule is CCOc1ccc([C@@H]2c3c(oc4ccc(C)cc4c3=O)C(=O)N2CCN2CCOCC2)cc1OC. The molecule has 1 aromatic heterocycles. The summed E-state index contributed by atoms with van der Waals surface area (Å²) in [6.07, 6.45) is 0. The summed E-state index contributed by atoms with van der Waals surface area (Å²) in [4.78, 5) is 31.4. The highest BCUT2D eigenvalue weighted by atomic mass is 16.5. The van der Waals surface area contributed by atoms with Gasteiger partial charge in [-0.2, -0.15) is 0 Å². The van der Waals surface area contributed by atoms with Crippen molar-refractivity contribution >= 4 is 16.9 Å². The lowest BCUT2D eigenvalue weighted by atomic mass is 9.97. The topological polar surface area (TPSA) is 81.5 Å². The number of ether oxygens (including phenoxy) is 3. The number of benzene rings is 2. The molecule has 0 aliphatic carbocycles. The predicted molar refractivity (Wildman–Crippen MR) is 132 cm³/mol. The number of amides is 1. The third-order valence-corrected chi connectivity index (χ3v) is 6.69. The molecule has 1 atom stereocenters. The van der Waals surface area contributed by atoms with Crippen molar-refractivity contribution < 1.29 is 23.4 Å². The van der Waals surface area contributed by atoms with Crippen molar-refractivity contribution in [2.45, 2.75) is 19.9 Å². The molecule has 0 N–H and O–H groups in total. The molecule has 2 aromatic carbocycles. The van der Waals surface area contributed by atoms with E-state index in [-0.39, 0.29) is 17.1 Å². The second-order valence-electron chi connectivity index (χ2n) is 8.87. The zero-order chi connectivity index (χ0) is 24.5. The van der Waals surface area contributed by atoms with Crippen LogP contribution in [0.1, 0.15) is 40.2 Å². The second kappa shape index (κ2) is 9.71. The summed E-state index contributed by atoms with van der Waals surface area (Å²) in [6, 6.07) is 10.4. The van der Waals surface area contributed by atoms with E-state index < -0.39 is 6.04 Å². The molecule has 8 nitrogen and oxygen atoms in total. The maximum absolute atomic E-state index is 13.8. The summed E-state index contributed by atoms with van der Waals surface area (Å²) in [7, 11) is 1.58. The molecule has 2 aliphatic heterocycles. The third kappa shape index (κ3) is 4.28. The largest absolute Gasteiger partial charge is 0.493 e. The quantitative estimate of drug-likeness (QED) is 0.515. The van der Waals surface area contributed by atoms with Gasteiger partial charge < -0.3 is 23.5 Å². The molecular formula is C27H30N2O6. The van der Waals surface area contributed by atoms with Gasteiger partial charge in [0.25, 0.3) is 5.91 Å². The van der Waals surface area contributed by atoms with Crippen LogP contribution in [-0.2, 0) is 4.74 Å². The van der Waals surface area contributed by atoms with Crippen LogP contribution in [0.4, 0.5) is 0 Å². The van der Waals surface area contributed by atoms with Crippen molar-refractivity contribution in [3.63, 3.8) is 0 Å². The lowest BCUT2D eigenvalue weighted by molar-refractivity contribution is 0.0314. The van der Waals surface area contributed by atoms with Crippen molar-refractivity contribution in [3.8, 4) is 11.5 Å². The number of carbonyl (C=O) groups excluding carboxylic acids is 1. The minimum atomic E-state index is -0.579. The van der Waals surface area contributed by atoms with E-state index in [4.69, 9.17) is 18.6 Å². The monoisotopic (exact) mass is 478 g/mol. The minimum absolute atomic E-state index is 0.117. The van der Waals surface area contributed by atoms with E-state index in [0.717, 1.165) is 24.2 Å². The molecule has 3 aromatic rings. The maximum Gasteiger partial charge on any atom is 0.290 e. The second-order valence-corrected chi connectivity index (χ2v) is 8.87. The summed E-state index contributed by atoms with van der Waals surface area (Å²) in [5, 5.41) is 0.481. The van der Waals surface area contributed by atoms with Crippen molar-refractivity contribution in [2.24, 2.45) is 0 Å². The summed E-state index contributed by atoms with van der Waals surface area (Å²) in [5.74, 6) is 1.01. The summed E-state index contributed by atoms with van der Waals surface area (Å²) in [6.45, 7) is 8.47. The van der Waals surface area contributed by atoms with Gasteiger partial charge in [0.15, 0.2) is 16.9 Å². The molecule has 0 spiro atoms. The molecule has 0 bridgehead atoms. The van der Waals surface area contributed by atoms with Gasteiger partial charge in [-0.25, -0.2) is 0 Å². The van der Waals surface area contributed by atoms with Crippen LogP contribution >= 0.6 is 0 Å². The highest BCUT2D eigenvalue weighted by Gasteiger charge is 2.43. The molecule has 0 unspecified atom stereocenters. The molecule has 0 saturated carbocycles. The Labute approximate surface area is 204 Å². The summed E-state index contributed by atoms with van der Waals surface area (Å²) >= 11 is 0. The third-order valence-electron chi connectivity index (χ3n) is 6.69. The number of hydrogen-bond donors (Lipinski definition) is 0. The molecular weight excluding hydrogens is 448 g/mol. The molecule has 5 rings (SSSR count). The highest BCUT2D eigenvalue weighted by molar-refractivity contribution is 5.99. The maximum atomic E-state index is 13.8. The number of methoxy groups -OCH3 is 1. The van der Waals surface area contributed by atoms with Crippen molar-refractivity contribution in [3.05, 3.63) is 69.1 Å². The van der Waals surface area contributed by atoms with Crippen molar-refractivity contribution in [2.75, 3.05) is 53.1 Å². The Hall–Kier alpha value is -3.36. The molecule has 1 saturated heterocycles. The van der Waals surface area contributed by atoms with Crippen molar-refractivity contribution in [1.82, 2.24) is 9.80 Å². The Bertz CT molecular complexity index is 1310. The van der Waals surface area contributed by atoms with Gasteiger partial charge in [-0.1, -0.05) is 17.7 Å². The van der Waals surface area contributed by atoms with Crippen LogP contribution in [0.5, 0.6) is 11.5 Å². The molecule has 8 heteroatoms. The van der Waals surface area contributed by atoms with E-state index in [1.165, 1.54) is 0 Å². The van der Waals surface area contributed by atoms with Gasteiger partial charge >= 0.3 is 0 Å². The van der Waals surface area contributed by atoms with Crippen LogP contribution < -0.4 is 14.9 Å². The molecule has 184 valence electrons. The Kier molecular flexibility index (Phi) is 6.49. The Morgan fingerprint density at radius 2 is 1.83 bits per heavy atom. The highest BCUT2D eigenvalue weighted by Crippen LogP contribution is 2.41. The number of aryl methyl sites for hydroxylation is 1. The van der Waals surface area contributed by atoms with Gasteiger partial charge in [0.2, 0.25) is 5.76 Å². The van der Waals surface area contributed by atoms with E-state index in [2.05, 4.69) is 4.90 Å². The van der Waals surface area contributed by atoms with Crippen LogP contribution in [-0.4, -0.2) is 68.8 Å². The first-order valence-corrected chi connectivity index (χ1v) is 12.0. The summed E-state index contributed by atoms with van der Waals surface area (Å²) < 4.78 is 22.8. The first-order chi connectivity index (χ1) is 17.0. The first-order valence-electron chi connectivity index (χ1n) is 12.0. The van der Waals surface area contributed by atoms with E-state index in [1.54, 1.807) is 18.1 Å². The average molecular weight is 479 g/mol. The number of nitrogens with zero attached hydrogens (tertiary/aromatic N) is 2. The predicted octanol–water partition coefficient (Wildman–Crippen LogP) is 3.39. The van der Waals surface area contributed by atoms with Crippen LogP contribution in [0, 0.1) is 6.92 Å². The fraction of sp³-hybridized carbons (Fsp3) is 0.407. The molecule has 35 heavy (non-hydrogen) atoms. The molecule has 3 heterocycles. The van der Waals surface area contributed by atoms with Gasteiger partial charge in [-0.05, 0) is 43.7 Å². The normalized spacial score (nSPS) is 18.2. The lowest BCUT2D eigenvalue weighted by Crippen LogP contribution is -2.42. The van der Waals surface area contributed by atoms with E-state index in [1.807, 2.05) is 44.2 Å². The van der Waals surface area contributed by atoms with E-state index in [9.17, 15) is 9.59 Å². The van der Waals surface area contributed by atoms with E-state index >= 15 is 0 Å². The van der Waals surface area contributed by atoms with Gasteiger partial charge in [-0.3, -0.25) is 14.5 Å². The van der Waals surface area contributed by atoms with Gasteiger partial charge in [0.05, 0.1) is 43.9 Å². The van der Waals surface area contributed by atoms with Gasteiger partial charge in [-0.15, -0.1) is 0 Å². The molecule has 2 aliphatic rings. The molecule has 0 radical (unpaired) electrons. The first kappa shape index (κ1) is 23.4. The molecule has 1 amide bonds. The smallest absolute Gasteiger partial charge is 0.290 e. The number of morpholine rings is 1. The number of fused-ring (bicyclic) bond motifs is 2. The number of carbonyl (C=O) groups is 1. The van der Waals surface area contributed by atoms with Gasteiger partial charge in [0, 0.05) is 26.2 Å². The van der Waals surface area contributed by atoms with Gasteiger partial charge in [0.1, 0.15) is 5.58 Å².